The summed E-state index contributed by atoms with van der Waals surface area (Å²) in [5.41, 5.74) is 3.00. The second kappa shape index (κ2) is 7.43. The summed E-state index contributed by atoms with van der Waals surface area (Å²) in [5, 5.41) is 12.7. The summed E-state index contributed by atoms with van der Waals surface area (Å²) in [4.78, 5) is 0. The first-order valence-electron chi connectivity index (χ1n) is 8.66. The van der Waals surface area contributed by atoms with Gasteiger partial charge in [-0.15, -0.1) is 0 Å². The highest BCUT2D eigenvalue weighted by Gasteiger charge is 2.40. The molecule has 3 aromatic rings. The molecule has 0 spiro atoms. The molecule has 0 bridgehead atoms. The molecule has 0 unspecified atom stereocenters. The predicted octanol–water partition coefficient (Wildman–Crippen LogP) is 6.08. The fourth-order valence-electron chi connectivity index (χ4n) is 3.68. The molecule has 0 aromatic heterocycles. The Morgan fingerprint density at radius 2 is 1.40 bits per heavy atom. The number of benzene rings is 3. The first kappa shape index (κ1) is 17.7. The number of rotatable bonds is 5. The van der Waals surface area contributed by atoms with E-state index in [9.17, 15) is 5.11 Å². The molecule has 0 aliphatic rings. The predicted molar refractivity (Wildman–Crippen MR) is 105 cm³/mol. The van der Waals surface area contributed by atoms with E-state index in [1.165, 1.54) is 11.1 Å². The van der Waals surface area contributed by atoms with E-state index in [2.05, 4.69) is 26.0 Å². The Kier molecular flexibility index (Phi) is 5.27. The van der Waals surface area contributed by atoms with Gasteiger partial charge in [0, 0.05) is 10.9 Å². The van der Waals surface area contributed by atoms with Crippen LogP contribution in [0.25, 0.3) is 0 Å². The molecule has 0 aliphatic heterocycles. The average molecular weight is 351 g/mol. The maximum absolute atomic E-state index is 12.0. The topological polar surface area (TPSA) is 20.2 Å². The molecule has 2 heteroatoms. The maximum atomic E-state index is 12.0. The van der Waals surface area contributed by atoms with Gasteiger partial charge in [-0.3, -0.25) is 0 Å². The van der Waals surface area contributed by atoms with Gasteiger partial charge in [0.25, 0.3) is 0 Å². The van der Waals surface area contributed by atoms with Crippen LogP contribution in [0.1, 0.15) is 41.5 Å². The lowest BCUT2D eigenvalue weighted by molar-refractivity contribution is 0.0474. The van der Waals surface area contributed by atoms with Crippen molar-refractivity contribution < 1.29 is 5.11 Å². The Labute approximate surface area is 154 Å². The zero-order chi connectivity index (χ0) is 17.9. The fraction of sp³-hybridized carbons (Fsp3) is 0.217. The summed E-state index contributed by atoms with van der Waals surface area (Å²) in [7, 11) is 0. The van der Waals surface area contributed by atoms with Crippen LogP contribution in [0.15, 0.2) is 78.9 Å². The Morgan fingerprint density at radius 3 is 2.00 bits per heavy atom. The van der Waals surface area contributed by atoms with Gasteiger partial charge in [0.05, 0.1) is 0 Å². The third-order valence-corrected chi connectivity index (χ3v) is 5.23. The van der Waals surface area contributed by atoms with Crippen molar-refractivity contribution in [3.05, 3.63) is 106 Å². The van der Waals surface area contributed by atoms with Gasteiger partial charge in [0.1, 0.15) is 5.60 Å². The number of aryl methyl sites for hydroxylation is 1. The summed E-state index contributed by atoms with van der Waals surface area (Å²) in [6.07, 6.45) is 0.818. The van der Waals surface area contributed by atoms with E-state index in [1.54, 1.807) is 0 Å². The van der Waals surface area contributed by atoms with Gasteiger partial charge in [-0.25, -0.2) is 0 Å². The largest absolute Gasteiger partial charge is 0.380 e. The van der Waals surface area contributed by atoms with Crippen LogP contribution >= 0.6 is 11.6 Å². The average Bonchev–Trinajstić information content (AvgIpc) is 2.65. The van der Waals surface area contributed by atoms with Crippen molar-refractivity contribution in [3.8, 4) is 0 Å². The Morgan fingerprint density at radius 1 is 0.840 bits per heavy atom. The maximum Gasteiger partial charge on any atom is 0.121 e. The van der Waals surface area contributed by atoms with Crippen molar-refractivity contribution in [2.24, 2.45) is 0 Å². The molecule has 0 radical (unpaired) electrons. The number of halogens is 1. The molecule has 128 valence electrons. The van der Waals surface area contributed by atoms with Crippen LogP contribution in [0.2, 0.25) is 5.02 Å². The Balaban J connectivity index is 2.23. The van der Waals surface area contributed by atoms with Gasteiger partial charge < -0.3 is 5.11 Å². The van der Waals surface area contributed by atoms with Gasteiger partial charge in [-0.1, -0.05) is 85.3 Å². The minimum atomic E-state index is -1.12. The van der Waals surface area contributed by atoms with Gasteiger partial charge >= 0.3 is 0 Å². The van der Waals surface area contributed by atoms with Gasteiger partial charge in [0.2, 0.25) is 0 Å². The second-order valence-corrected chi connectivity index (χ2v) is 6.89. The van der Waals surface area contributed by atoms with E-state index in [-0.39, 0.29) is 5.92 Å². The highest BCUT2D eigenvalue weighted by Crippen LogP contribution is 2.45. The van der Waals surface area contributed by atoms with Crippen molar-refractivity contribution in [3.63, 3.8) is 0 Å². The standard InChI is InChI=1S/C23H23ClO/c1-3-22(21-12-8-7-9-17(21)2)23(25,18-10-5-4-6-11-18)19-13-15-20(24)16-14-19/h4-16,22,25H,3H2,1-2H3/t22-,23-/m1/s1. The van der Waals surface area contributed by atoms with Crippen LogP contribution in [0, 0.1) is 6.92 Å². The molecule has 0 fully saturated rings. The summed E-state index contributed by atoms with van der Waals surface area (Å²) in [6, 6.07) is 25.7. The second-order valence-electron chi connectivity index (χ2n) is 6.46. The van der Waals surface area contributed by atoms with Crippen LogP contribution < -0.4 is 0 Å². The van der Waals surface area contributed by atoms with Crippen LogP contribution in [0.3, 0.4) is 0 Å². The van der Waals surface area contributed by atoms with Crippen molar-refractivity contribution in [1.82, 2.24) is 0 Å². The molecular weight excluding hydrogens is 328 g/mol. The van der Waals surface area contributed by atoms with Crippen LogP contribution in [-0.2, 0) is 5.60 Å². The van der Waals surface area contributed by atoms with E-state index in [4.69, 9.17) is 11.6 Å². The van der Waals surface area contributed by atoms with Gasteiger partial charge in [0.15, 0.2) is 0 Å². The van der Waals surface area contributed by atoms with Crippen molar-refractivity contribution in [2.45, 2.75) is 31.8 Å². The summed E-state index contributed by atoms with van der Waals surface area (Å²) in [5.74, 6) is -0.0581. The first-order valence-corrected chi connectivity index (χ1v) is 9.04. The van der Waals surface area contributed by atoms with E-state index >= 15 is 0 Å². The first-order chi connectivity index (χ1) is 12.1. The molecule has 1 N–H and O–H groups in total. The van der Waals surface area contributed by atoms with Gasteiger partial charge in [-0.05, 0) is 47.7 Å². The quantitative estimate of drug-likeness (QED) is 0.591. The highest BCUT2D eigenvalue weighted by atomic mass is 35.5. The van der Waals surface area contributed by atoms with E-state index in [0.29, 0.717) is 5.02 Å². The third-order valence-electron chi connectivity index (χ3n) is 4.97. The zero-order valence-corrected chi connectivity index (χ0v) is 15.4. The molecule has 25 heavy (non-hydrogen) atoms. The number of hydrogen-bond acceptors (Lipinski definition) is 1. The summed E-state index contributed by atoms with van der Waals surface area (Å²) in [6.45, 7) is 4.23. The lowest BCUT2D eigenvalue weighted by atomic mass is 9.71. The molecule has 0 saturated carbocycles. The Bertz CT molecular complexity index is 826. The zero-order valence-electron chi connectivity index (χ0n) is 14.6. The highest BCUT2D eigenvalue weighted by molar-refractivity contribution is 6.30. The molecular formula is C23H23ClO. The number of aliphatic hydroxyl groups is 1. The van der Waals surface area contributed by atoms with E-state index in [0.717, 1.165) is 17.5 Å². The molecule has 3 rings (SSSR count). The molecule has 0 heterocycles. The van der Waals surface area contributed by atoms with Crippen LogP contribution in [0.5, 0.6) is 0 Å². The summed E-state index contributed by atoms with van der Waals surface area (Å²) >= 11 is 6.08. The van der Waals surface area contributed by atoms with Gasteiger partial charge in [-0.2, -0.15) is 0 Å². The monoisotopic (exact) mass is 350 g/mol. The van der Waals surface area contributed by atoms with Crippen LogP contribution in [-0.4, -0.2) is 5.11 Å². The van der Waals surface area contributed by atoms with Crippen LogP contribution in [0.4, 0.5) is 0 Å². The molecule has 3 aromatic carbocycles. The van der Waals surface area contributed by atoms with Crippen molar-refractivity contribution in [2.75, 3.05) is 0 Å². The molecule has 0 aliphatic carbocycles. The molecule has 2 atom stereocenters. The molecule has 0 saturated heterocycles. The fourth-order valence-corrected chi connectivity index (χ4v) is 3.81. The lowest BCUT2D eigenvalue weighted by Crippen LogP contribution is -2.35. The van der Waals surface area contributed by atoms with E-state index in [1.807, 2.05) is 66.7 Å². The lowest BCUT2D eigenvalue weighted by Gasteiger charge is -2.38. The number of hydrogen-bond donors (Lipinski definition) is 1. The van der Waals surface area contributed by atoms with Crippen molar-refractivity contribution in [1.29, 1.82) is 0 Å². The third kappa shape index (κ3) is 3.35. The van der Waals surface area contributed by atoms with E-state index < -0.39 is 5.60 Å². The smallest absolute Gasteiger partial charge is 0.121 e. The Hall–Kier alpha value is -2.09. The minimum absolute atomic E-state index is 0.0581. The SMILES string of the molecule is CC[C@H](c1ccccc1C)[C@@](O)(c1ccccc1)c1ccc(Cl)cc1. The summed E-state index contributed by atoms with van der Waals surface area (Å²) < 4.78 is 0. The molecule has 1 nitrogen and oxygen atoms in total. The minimum Gasteiger partial charge on any atom is -0.380 e. The normalized spacial score (nSPS) is 14.7. The molecule has 0 amide bonds. The van der Waals surface area contributed by atoms with Crippen molar-refractivity contribution >= 4 is 11.6 Å².